The zero-order valence-corrected chi connectivity index (χ0v) is 12.4. The Morgan fingerprint density at radius 2 is 1.62 bits per heavy atom. The number of fused-ring (bicyclic) bond motifs is 2. The SMILES string of the molecule is COc1ncc(-n2[nH]c3c(c2=O)C(=O)c2ccccc2C3=O)cn1. The van der Waals surface area contributed by atoms with Crippen molar-refractivity contribution in [2.24, 2.45) is 0 Å². The Kier molecular flexibility index (Phi) is 2.92. The van der Waals surface area contributed by atoms with Gasteiger partial charge in [-0.3, -0.25) is 19.5 Å². The molecule has 118 valence electrons. The van der Waals surface area contributed by atoms with Crippen LogP contribution in [0.25, 0.3) is 5.69 Å². The van der Waals surface area contributed by atoms with Crippen LogP contribution in [0.3, 0.4) is 0 Å². The number of carbonyl (C=O) groups is 2. The van der Waals surface area contributed by atoms with Gasteiger partial charge in [-0.15, -0.1) is 0 Å². The van der Waals surface area contributed by atoms with Crippen LogP contribution in [0.2, 0.25) is 0 Å². The molecule has 24 heavy (non-hydrogen) atoms. The smallest absolute Gasteiger partial charge is 0.316 e. The van der Waals surface area contributed by atoms with E-state index in [1.54, 1.807) is 18.2 Å². The lowest BCUT2D eigenvalue weighted by Crippen LogP contribution is -2.26. The lowest BCUT2D eigenvalue weighted by Gasteiger charge is -2.11. The van der Waals surface area contributed by atoms with Crippen LogP contribution in [0.4, 0.5) is 0 Å². The summed E-state index contributed by atoms with van der Waals surface area (Å²) in [6.07, 6.45) is 2.72. The Hall–Kier alpha value is -3.55. The predicted octanol–water partition coefficient (Wildman–Crippen LogP) is 0.740. The molecule has 0 radical (unpaired) electrons. The molecule has 4 rings (SSSR count). The lowest BCUT2D eigenvalue weighted by atomic mass is 9.88. The molecule has 0 saturated carbocycles. The highest BCUT2D eigenvalue weighted by Gasteiger charge is 2.34. The number of hydrogen-bond donors (Lipinski definition) is 1. The fourth-order valence-electron chi connectivity index (χ4n) is 2.67. The maximum atomic E-state index is 12.6. The van der Waals surface area contributed by atoms with Gasteiger partial charge in [-0.2, -0.15) is 0 Å². The molecule has 0 amide bonds. The number of carbonyl (C=O) groups excluding carboxylic acids is 2. The average molecular weight is 322 g/mol. The van der Waals surface area contributed by atoms with E-state index in [-0.39, 0.29) is 28.4 Å². The number of methoxy groups -OCH3 is 1. The minimum Gasteiger partial charge on any atom is -0.467 e. The monoisotopic (exact) mass is 322 g/mol. The van der Waals surface area contributed by atoms with Crippen molar-refractivity contribution in [3.8, 4) is 11.7 Å². The molecular formula is C16H10N4O4. The molecule has 0 fully saturated rings. The number of nitrogens with one attached hydrogen (secondary N) is 1. The van der Waals surface area contributed by atoms with Gasteiger partial charge in [-0.25, -0.2) is 14.6 Å². The molecule has 3 aromatic rings. The lowest BCUT2D eigenvalue weighted by molar-refractivity contribution is 0.0976. The van der Waals surface area contributed by atoms with Crippen molar-refractivity contribution in [1.29, 1.82) is 0 Å². The normalized spacial score (nSPS) is 12.7. The summed E-state index contributed by atoms with van der Waals surface area (Å²) in [6, 6.07) is 6.55. The van der Waals surface area contributed by atoms with Crippen LogP contribution in [0.5, 0.6) is 6.01 Å². The minimum atomic E-state index is -0.619. The van der Waals surface area contributed by atoms with Gasteiger partial charge >= 0.3 is 6.01 Å². The van der Waals surface area contributed by atoms with Gasteiger partial charge < -0.3 is 4.74 Å². The van der Waals surface area contributed by atoms with Gasteiger partial charge in [0, 0.05) is 11.1 Å². The highest BCUT2D eigenvalue weighted by Crippen LogP contribution is 2.24. The molecule has 2 heterocycles. The second kappa shape index (κ2) is 4.98. The number of rotatable bonds is 2. The second-order valence-electron chi connectivity index (χ2n) is 5.13. The molecule has 0 atom stereocenters. The Balaban J connectivity index is 1.91. The summed E-state index contributed by atoms with van der Waals surface area (Å²) in [5.74, 6) is -0.875. The van der Waals surface area contributed by atoms with Crippen LogP contribution < -0.4 is 10.3 Å². The highest BCUT2D eigenvalue weighted by atomic mass is 16.5. The first-order chi connectivity index (χ1) is 11.6. The number of aromatic nitrogens is 4. The largest absolute Gasteiger partial charge is 0.467 e. The van der Waals surface area contributed by atoms with Crippen LogP contribution >= 0.6 is 0 Å². The number of benzene rings is 1. The molecule has 0 saturated heterocycles. The Labute approximate surface area is 134 Å². The van der Waals surface area contributed by atoms with Crippen LogP contribution in [-0.2, 0) is 0 Å². The van der Waals surface area contributed by atoms with Gasteiger partial charge in [0.25, 0.3) is 5.56 Å². The van der Waals surface area contributed by atoms with Crippen molar-refractivity contribution in [1.82, 2.24) is 19.7 Å². The minimum absolute atomic E-state index is 0.0282. The van der Waals surface area contributed by atoms with Crippen LogP contribution in [-0.4, -0.2) is 38.4 Å². The average Bonchev–Trinajstić information content (AvgIpc) is 2.97. The number of H-pyrrole nitrogens is 1. The molecule has 1 aliphatic rings. The number of aromatic amines is 1. The number of ether oxygens (including phenoxy) is 1. The Morgan fingerprint density at radius 1 is 1.00 bits per heavy atom. The van der Waals surface area contributed by atoms with Gasteiger partial charge in [0.15, 0.2) is 0 Å². The van der Waals surface area contributed by atoms with E-state index in [2.05, 4.69) is 15.1 Å². The van der Waals surface area contributed by atoms with Crippen molar-refractivity contribution in [3.05, 3.63) is 69.4 Å². The van der Waals surface area contributed by atoms with Crippen molar-refractivity contribution in [2.45, 2.75) is 0 Å². The summed E-state index contributed by atoms with van der Waals surface area (Å²) < 4.78 is 5.94. The van der Waals surface area contributed by atoms with E-state index >= 15 is 0 Å². The van der Waals surface area contributed by atoms with E-state index in [1.807, 2.05) is 0 Å². The topological polar surface area (TPSA) is 107 Å². The number of hydrogen-bond acceptors (Lipinski definition) is 6. The third-order valence-electron chi connectivity index (χ3n) is 3.82. The van der Waals surface area contributed by atoms with Gasteiger partial charge in [0.05, 0.1) is 19.5 Å². The fraction of sp³-hybridized carbons (Fsp3) is 0.0625. The van der Waals surface area contributed by atoms with Crippen LogP contribution in [0.15, 0.2) is 41.5 Å². The molecule has 1 aromatic carbocycles. The number of nitrogens with zero attached hydrogens (tertiary/aromatic N) is 3. The zero-order chi connectivity index (χ0) is 16.8. The summed E-state index contributed by atoms with van der Waals surface area (Å²) in [4.78, 5) is 45.6. The maximum absolute atomic E-state index is 12.6. The van der Waals surface area contributed by atoms with Crippen molar-refractivity contribution in [2.75, 3.05) is 7.11 Å². The molecular weight excluding hydrogens is 312 g/mol. The molecule has 8 nitrogen and oxygen atoms in total. The first kappa shape index (κ1) is 14.1. The fourth-order valence-corrected chi connectivity index (χ4v) is 2.67. The van der Waals surface area contributed by atoms with Gasteiger partial charge in [-0.1, -0.05) is 24.3 Å². The van der Waals surface area contributed by atoms with Crippen molar-refractivity contribution in [3.63, 3.8) is 0 Å². The van der Waals surface area contributed by atoms with E-state index in [0.717, 1.165) is 4.68 Å². The summed E-state index contributed by atoms with van der Waals surface area (Å²) in [5.41, 5.74) is -0.0286. The van der Waals surface area contributed by atoms with E-state index < -0.39 is 17.1 Å². The molecule has 1 N–H and O–H groups in total. The van der Waals surface area contributed by atoms with Gasteiger partial charge in [0.2, 0.25) is 11.6 Å². The maximum Gasteiger partial charge on any atom is 0.316 e. The highest BCUT2D eigenvalue weighted by molar-refractivity contribution is 6.27. The quantitative estimate of drug-likeness (QED) is 0.583. The summed E-state index contributed by atoms with van der Waals surface area (Å²) in [6.45, 7) is 0. The van der Waals surface area contributed by atoms with E-state index in [4.69, 9.17) is 4.74 Å². The van der Waals surface area contributed by atoms with Crippen molar-refractivity contribution < 1.29 is 14.3 Å². The van der Waals surface area contributed by atoms with Gasteiger partial charge in [0.1, 0.15) is 16.9 Å². The van der Waals surface area contributed by atoms with Crippen molar-refractivity contribution >= 4 is 11.6 Å². The first-order valence-electron chi connectivity index (χ1n) is 7.01. The first-order valence-corrected chi connectivity index (χ1v) is 7.01. The van der Waals surface area contributed by atoms with E-state index in [0.29, 0.717) is 5.69 Å². The third-order valence-corrected chi connectivity index (χ3v) is 3.82. The van der Waals surface area contributed by atoms with Gasteiger partial charge in [-0.05, 0) is 0 Å². The number of ketones is 2. The molecule has 1 aliphatic carbocycles. The molecule has 0 spiro atoms. The predicted molar refractivity (Wildman–Crippen MR) is 81.8 cm³/mol. The molecule has 8 heteroatoms. The summed E-state index contributed by atoms with van der Waals surface area (Å²) >= 11 is 0. The summed E-state index contributed by atoms with van der Waals surface area (Å²) in [5, 5.41) is 2.69. The van der Waals surface area contributed by atoms with Crippen LogP contribution in [0.1, 0.15) is 32.0 Å². The summed E-state index contributed by atoms with van der Waals surface area (Å²) in [7, 11) is 1.42. The molecule has 0 bridgehead atoms. The molecule has 0 aliphatic heterocycles. The van der Waals surface area contributed by atoms with Crippen LogP contribution in [0, 0.1) is 0 Å². The second-order valence-corrected chi connectivity index (χ2v) is 5.13. The zero-order valence-electron chi connectivity index (χ0n) is 12.4. The van der Waals surface area contributed by atoms with E-state index in [1.165, 1.54) is 25.6 Å². The Bertz CT molecular complexity index is 1050. The third kappa shape index (κ3) is 1.83. The van der Waals surface area contributed by atoms with E-state index in [9.17, 15) is 14.4 Å². The molecule has 0 unspecified atom stereocenters. The molecule has 2 aromatic heterocycles. The standard InChI is InChI=1S/C16H10N4O4/c1-24-16-17-6-8(7-18-16)20-15(23)11-12(19-20)14(22)10-5-3-2-4-9(10)13(11)21/h2-7,19H,1H3. The Morgan fingerprint density at radius 3 is 2.25 bits per heavy atom.